The van der Waals surface area contributed by atoms with Crippen LogP contribution in [0.3, 0.4) is 0 Å². The molecule has 0 radical (unpaired) electrons. The number of hydrogen-bond acceptors (Lipinski definition) is 3. The van der Waals surface area contributed by atoms with Crippen LogP contribution < -0.4 is 10.9 Å². The maximum atomic E-state index is 11.7. The number of amides is 1. The maximum absolute atomic E-state index is 11.7. The first-order valence-corrected chi connectivity index (χ1v) is 10.7. The third-order valence-corrected chi connectivity index (χ3v) is 4.78. The van der Waals surface area contributed by atoms with Gasteiger partial charge >= 0.3 is 0 Å². The summed E-state index contributed by atoms with van der Waals surface area (Å²) in [5.74, 6) is 0.0853. The summed E-state index contributed by atoms with van der Waals surface area (Å²) < 4.78 is 0. The van der Waals surface area contributed by atoms with Gasteiger partial charge in [-0.1, -0.05) is 84.0 Å². The zero-order valence-electron chi connectivity index (χ0n) is 16.8. The van der Waals surface area contributed by atoms with Crippen LogP contribution in [-0.2, 0) is 11.3 Å². The molecule has 0 aromatic carbocycles. The van der Waals surface area contributed by atoms with E-state index in [0.717, 1.165) is 18.4 Å². The van der Waals surface area contributed by atoms with Crippen molar-refractivity contribution in [3.8, 4) is 0 Å². The van der Waals surface area contributed by atoms with E-state index in [2.05, 4.69) is 22.8 Å². The van der Waals surface area contributed by atoms with Gasteiger partial charge in [-0.2, -0.15) is 0 Å². The van der Waals surface area contributed by atoms with Gasteiger partial charge in [0.1, 0.15) is 0 Å². The van der Waals surface area contributed by atoms with Gasteiger partial charge in [-0.05, 0) is 24.1 Å². The third-order valence-electron chi connectivity index (χ3n) is 4.78. The molecule has 26 heavy (non-hydrogen) atoms. The van der Waals surface area contributed by atoms with Gasteiger partial charge in [0.05, 0.1) is 0 Å². The molecule has 0 bridgehead atoms. The number of nitrogens with one attached hydrogen (secondary N) is 2. The molecule has 0 unspecified atom stereocenters. The van der Waals surface area contributed by atoms with Gasteiger partial charge in [-0.15, -0.1) is 0 Å². The molecule has 0 spiro atoms. The van der Waals surface area contributed by atoms with Gasteiger partial charge in [-0.3, -0.25) is 15.2 Å². The predicted octanol–water partition coefficient (Wildman–Crippen LogP) is 5.68. The summed E-state index contributed by atoms with van der Waals surface area (Å²) in [5, 5.41) is 0. The summed E-state index contributed by atoms with van der Waals surface area (Å²) in [5.41, 5.74) is 6.85. The van der Waals surface area contributed by atoms with Crippen molar-refractivity contribution in [3.05, 3.63) is 30.1 Å². The second-order valence-electron chi connectivity index (χ2n) is 7.25. The van der Waals surface area contributed by atoms with E-state index in [9.17, 15) is 4.79 Å². The van der Waals surface area contributed by atoms with Crippen LogP contribution in [0.1, 0.15) is 102 Å². The standard InChI is InChI=1S/C22H39N3O/c1-2-3-4-5-6-7-8-9-10-11-12-13-14-15-22(26)25-24-20-21-16-18-23-19-17-21/h16-19,24H,2-15,20H2,1H3,(H,25,26). The van der Waals surface area contributed by atoms with Gasteiger partial charge in [0.15, 0.2) is 0 Å². The van der Waals surface area contributed by atoms with Gasteiger partial charge in [0.2, 0.25) is 5.91 Å². The van der Waals surface area contributed by atoms with Crippen LogP contribution in [-0.4, -0.2) is 10.9 Å². The molecule has 4 heteroatoms. The highest BCUT2D eigenvalue weighted by molar-refractivity contribution is 5.75. The van der Waals surface area contributed by atoms with Gasteiger partial charge in [0.25, 0.3) is 0 Å². The van der Waals surface area contributed by atoms with Crippen LogP contribution in [0.5, 0.6) is 0 Å². The Hall–Kier alpha value is -1.42. The van der Waals surface area contributed by atoms with Crippen molar-refractivity contribution in [2.75, 3.05) is 0 Å². The summed E-state index contributed by atoms with van der Waals surface area (Å²) in [6, 6.07) is 3.87. The first kappa shape index (κ1) is 22.6. The molecule has 0 aliphatic carbocycles. The van der Waals surface area contributed by atoms with Crippen LogP contribution in [0.25, 0.3) is 0 Å². The van der Waals surface area contributed by atoms with Crippen LogP contribution in [0.4, 0.5) is 0 Å². The highest BCUT2D eigenvalue weighted by Crippen LogP contribution is 2.12. The monoisotopic (exact) mass is 361 g/mol. The fourth-order valence-electron chi connectivity index (χ4n) is 3.11. The quantitative estimate of drug-likeness (QED) is 0.277. The number of nitrogens with zero attached hydrogens (tertiary/aromatic N) is 1. The summed E-state index contributed by atoms with van der Waals surface area (Å²) in [6.45, 7) is 2.90. The Balaban J connectivity index is 1.79. The summed E-state index contributed by atoms with van der Waals surface area (Å²) in [4.78, 5) is 15.7. The zero-order valence-corrected chi connectivity index (χ0v) is 16.8. The molecule has 0 saturated heterocycles. The molecule has 1 rings (SSSR count). The highest BCUT2D eigenvalue weighted by atomic mass is 16.2. The molecule has 0 saturated carbocycles. The van der Waals surface area contributed by atoms with Crippen molar-refractivity contribution in [1.29, 1.82) is 0 Å². The van der Waals surface area contributed by atoms with E-state index in [1.165, 1.54) is 70.6 Å². The number of hydrogen-bond donors (Lipinski definition) is 2. The molecule has 0 aliphatic rings. The van der Waals surface area contributed by atoms with Crippen molar-refractivity contribution >= 4 is 5.91 Å². The Kier molecular flexibility index (Phi) is 14.8. The normalized spacial score (nSPS) is 10.8. The minimum atomic E-state index is 0.0853. The van der Waals surface area contributed by atoms with Crippen molar-refractivity contribution in [1.82, 2.24) is 15.8 Å². The molecular weight excluding hydrogens is 322 g/mol. The molecular formula is C22H39N3O. The number of unbranched alkanes of at least 4 members (excludes halogenated alkanes) is 12. The number of carbonyl (C=O) groups excluding carboxylic acids is 1. The lowest BCUT2D eigenvalue weighted by atomic mass is 10.0. The lowest BCUT2D eigenvalue weighted by Gasteiger charge is -2.07. The Morgan fingerprint density at radius 1 is 0.808 bits per heavy atom. The lowest BCUT2D eigenvalue weighted by Crippen LogP contribution is -2.36. The zero-order chi connectivity index (χ0) is 18.7. The van der Waals surface area contributed by atoms with E-state index >= 15 is 0 Å². The van der Waals surface area contributed by atoms with E-state index in [1.807, 2.05) is 12.1 Å². The Morgan fingerprint density at radius 3 is 1.85 bits per heavy atom. The second-order valence-corrected chi connectivity index (χ2v) is 7.25. The van der Waals surface area contributed by atoms with Crippen LogP contribution in [0.15, 0.2) is 24.5 Å². The first-order chi connectivity index (χ1) is 12.8. The van der Waals surface area contributed by atoms with Crippen molar-refractivity contribution in [3.63, 3.8) is 0 Å². The van der Waals surface area contributed by atoms with Crippen molar-refractivity contribution in [2.24, 2.45) is 0 Å². The van der Waals surface area contributed by atoms with Crippen LogP contribution in [0, 0.1) is 0 Å². The van der Waals surface area contributed by atoms with E-state index in [0.29, 0.717) is 13.0 Å². The van der Waals surface area contributed by atoms with E-state index in [1.54, 1.807) is 12.4 Å². The minimum Gasteiger partial charge on any atom is -0.291 e. The Bertz CT molecular complexity index is 436. The minimum absolute atomic E-state index is 0.0853. The predicted molar refractivity (Wildman–Crippen MR) is 110 cm³/mol. The van der Waals surface area contributed by atoms with Crippen LogP contribution >= 0.6 is 0 Å². The Labute approximate surface area is 160 Å². The molecule has 1 heterocycles. The maximum Gasteiger partial charge on any atom is 0.234 e. The second kappa shape index (κ2) is 17.0. The Morgan fingerprint density at radius 2 is 1.31 bits per heavy atom. The molecule has 0 atom stereocenters. The number of hydrazine groups is 1. The number of pyridine rings is 1. The fourth-order valence-corrected chi connectivity index (χ4v) is 3.11. The van der Waals surface area contributed by atoms with Crippen molar-refractivity contribution < 1.29 is 4.79 Å². The average molecular weight is 362 g/mol. The van der Waals surface area contributed by atoms with E-state index in [4.69, 9.17) is 0 Å². The van der Waals surface area contributed by atoms with Gasteiger partial charge in [0, 0.05) is 25.4 Å². The molecule has 0 fully saturated rings. The highest BCUT2D eigenvalue weighted by Gasteiger charge is 2.00. The molecule has 1 amide bonds. The molecule has 1 aromatic rings. The number of carbonyl (C=O) groups is 1. The lowest BCUT2D eigenvalue weighted by molar-refractivity contribution is -0.122. The summed E-state index contributed by atoms with van der Waals surface area (Å²) >= 11 is 0. The SMILES string of the molecule is CCCCCCCCCCCCCCCC(=O)NNCc1ccncc1. The summed E-state index contributed by atoms with van der Waals surface area (Å²) in [6.07, 6.45) is 21.4. The average Bonchev–Trinajstić information content (AvgIpc) is 2.66. The molecule has 2 N–H and O–H groups in total. The molecule has 0 aliphatic heterocycles. The largest absolute Gasteiger partial charge is 0.291 e. The van der Waals surface area contributed by atoms with E-state index < -0.39 is 0 Å². The molecule has 4 nitrogen and oxygen atoms in total. The van der Waals surface area contributed by atoms with E-state index in [-0.39, 0.29) is 5.91 Å². The molecule has 148 valence electrons. The first-order valence-electron chi connectivity index (χ1n) is 10.7. The molecule has 1 aromatic heterocycles. The van der Waals surface area contributed by atoms with Crippen molar-refractivity contribution in [2.45, 2.75) is 103 Å². The number of aromatic nitrogens is 1. The number of rotatable bonds is 17. The van der Waals surface area contributed by atoms with Gasteiger partial charge < -0.3 is 0 Å². The van der Waals surface area contributed by atoms with Crippen LogP contribution in [0.2, 0.25) is 0 Å². The summed E-state index contributed by atoms with van der Waals surface area (Å²) in [7, 11) is 0. The van der Waals surface area contributed by atoms with Gasteiger partial charge in [-0.25, -0.2) is 5.43 Å². The third kappa shape index (κ3) is 13.8. The fraction of sp³-hybridized carbons (Fsp3) is 0.727. The topological polar surface area (TPSA) is 54.0 Å². The smallest absolute Gasteiger partial charge is 0.234 e.